The Morgan fingerprint density at radius 3 is 2.44 bits per heavy atom. The van der Waals surface area contributed by atoms with Gasteiger partial charge in [-0.2, -0.15) is 0 Å². The van der Waals surface area contributed by atoms with Gasteiger partial charge in [-0.25, -0.2) is 4.39 Å². The van der Waals surface area contributed by atoms with Crippen LogP contribution in [0.2, 0.25) is 0 Å². The van der Waals surface area contributed by atoms with Crippen molar-refractivity contribution in [3.8, 4) is 0 Å². The standard InChI is InChI=1S/C16H26FN/c1-5-16(14-7-6-8-15(17)11-14)18-13(4)10-9-12(2)3/h6-8,11-13,16,18H,5,9-10H2,1-4H3. The van der Waals surface area contributed by atoms with E-state index in [-0.39, 0.29) is 11.9 Å². The fourth-order valence-electron chi connectivity index (χ4n) is 2.18. The van der Waals surface area contributed by atoms with Gasteiger partial charge in [-0.1, -0.05) is 32.9 Å². The third-order valence-corrected chi connectivity index (χ3v) is 3.32. The van der Waals surface area contributed by atoms with E-state index in [0.717, 1.165) is 17.9 Å². The Labute approximate surface area is 111 Å². The van der Waals surface area contributed by atoms with Gasteiger partial charge in [0.2, 0.25) is 0 Å². The highest BCUT2D eigenvalue weighted by Crippen LogP contribution is 2.19. The fourth-order valence-corrected chi connectivity index (χ4v) is 2.18. The molecule has 0 fully saturated rings. The van der Waals surface area contributed by atoms with E-state index in [1.165, 1.54) is 18.9 Å². The average molecular weight is 251 g/mol. The molecule has 102 valence electrons. The van der Waals surface area contributed by atoms with Crippen LogP contribution in [-0.4, -0.2) is 6.04 Å². The molecule has 0 heterocycles. The first-order chi connectivity index (χ1) is 8.52. The molecule has 0 saturated carbocycles. The highest BCUT2D eigenvalue weighted by molar-refractivity contribution is 5.20. The zero-order chi connectivity index (χ0) is 13.5. The Morgan fingerprint density at radius 1 is 1.17 bits per heavy atom. The normalized spacial score (nSPS) is 14.8. The van der Waals surface area contributed by atoms with Crippen molar-refractivity contribution in [3.63, 3.8) is 0 Å². The van der Waals surface area contributed by atoms with Gasteiger partial charge in [-0.15, -0.1) is 0 Å². The predicted octanol–water partition coefficient (Wildman–Crippen LogP) is 4.69. The van der Waals surface area contributed by atoms with Gasteiger partial charge >= 0.3 is 0 Å². The summed E-state index contributed by atoms with van der Waals surface area (Å²) in [6.45, 7) is 8.84. The quantitative estimate of drug-likeness (QED) is 0.741. The molecule has 0 aliphatic heterocycles. The highest BCUT2D eigenvalue weighted by Gasteiger charge is 2.13. The van der Waals surface area contributed by atoms with Gasteiger partial charge in [0, 0.05) is 12.1 Å². The van der Waals surface area contributed by atoms with Crippen molar-refractivity contribution in [1.29, 1.82) is 0 Å². The van der Waals surface area contributed by atoms with Crippen molar-refractivity contribution in [2.45, 2.75) is 59.0 Å². The summed E-state index contributed by atoms with van der Waals surface area (Å²) in [5.41, 5.74) is 1.05. The van der Waals surface area contributed by atoms with Crippen molar-refractivity contribution < 1.29 is 4.39 Å². The smallest absolute Gasteiger partial charge is 0.123 e. The van der Waals surface area contributed by atoms with Crippen LogP contribution in [0.25, 0.3) is 0 Å². The molecule has 0 aliphatic carbocycles. The number of nitrogens with one attached hydrogen (secondary N) is 1. The van der Waals surface area contributed by atoms with Gasteiger partial charge in [0.05, 0.1) is 0 Å². The Kier molecular flexibility index (Phi) is 6.34. The minimum Gasteiger partial charge on any atom is -0.307 e. The lowest BCUT2D eigenvalue weighted by atomic mass is 10.0. The van der Waals surface area contributed by atoms with Crippen molar-refractivity contribution in [1.82, 2.24) is 5.32 Å². The predicted molar refractivity (Wildman–Crippen MR) is 76.1 cm³/mol. The van der Waals surface area contributed by atoms with Crippen LogP contribution in [0.5, 0.6) is 0 Å². The fraction of sp³-hybridized carbons (Fsp3) is 0.625. The second kappa shape index (κ2) is 7.52. The summed E-state index contributed by atoms with van der Waals surface area (Å²) in [4.78, 5) is 0. The van der Waals surface area contributed by atoms with Crippen LogP contribution in [-0.2, 0) is 0 Å². The van der Waals surface area contributed by atoms with Gasteiger partial charge < -0.3 is 5.32 Å². The number of hydrogen-bond donors (Lipinski definition) is 1. The summed E-state index contributed by atoms with van der Waals surface area (Å²) < 4.78 is 13.2. The van der Waals surface area contributed by atoms with E-state index in [1.54, 1.807) is 12.1 Å². The summed E-state index contributed by atoms with van der Waals surface area (Å²) in [6, 6.07) is 7.64. The molecular weight excluding hydrogens is 225 g/mol. The lowest BCUT2D eigenvalue weighted by Crippen LogP contribution is -2.30. The first-order valence-corrected chi connectivity index (χ1v) is 7.04. The molecule has 1 aromatic carbocycles. The third-order valence-electron chi connectivity index (χ3n) is 3.32. The lowest BCUT2D eigenvalue weighted by molar-refractivity contribution is 0.397. The van der Waals surface area contributed by atoms with Gasteiger partial charge in [-0.3, -0.25) is 0 Å². The molecular formula is C16H26FN. The first kappa shape index (κ1) is 15.2. The minimum absolute atomic E-state index is 0.150. The van der Waals surface area contributed by atoms with E-state index in [4.69, 9.17) is 0 Å². The summed E-state index contributed by atoms with van der Waals surface area (Å²) in [6.07, 6.45) is 3.38. The van der Waals surface area contributed by atoms with Crippen LogP contribution in [0.15, 0.2) is 24.3 Å². The van der Waals surface area contributed by atoms with Crippen molar-refractivity contribution in [2.24, 2.45) is 5.92 Å². The van der Waals surface area contributed by atoms with E-state index in [0.29, 0.717) is 6.04 Å². The van der Waals surface area contributed by atoms with Gasteiger partial charge in [-0.05, 0) is 49.8 Å². The molecule has 0 spiro atoms. The van der Waals surface area contributed by atoms with E-state index in [1.807, 2.05) is 6.07 Å². The SMILES string of the molecule is CCC(NC(C)CCC(C)C)c1cccc(F)c1. The van der Waals surface area contributed by atoms with E-state index in [9.17, 15) is 4.39 Å². The van der Waals surface area contributed by atoms with Crippen molar-refractivity contribution in [2.75, 3.05) is 0 Å². The lowest BCUT2D eigenvalue weighted by Gasteiger charge is -2.23. The third kappa shape index (κ3) is 5.18. The number of hydrogen-bond acceptors (Lipinski definition) is 1. The molecule has 0 aliphatic rings. The van der Waals surface area contributed by atoms with Crippen LogP contribution >= 0.6 is 0 Å². The molecule has 1 rings (SSSR count). The van der Waals surface area contributed by atoms with E-state index >= 15 is 0 Å². The minimum atomic E-state index is -0.150. The molecule has 0 saturated heterocycles. The van der Waals surface area contributed by atoms with Crippen LogP contribution in [0.3, 0.4) is 0 Å². The Balaban J connectivity index is 2.56. The maximum atomic E-state index is 13.2. The molecule has 2 atom stereocenters. The molecule has 1 nitrogen and oxygen atoms in total. The largest absolute Gasteiger partial charge is 0.307 e. The van der Waals surface area contributed by atoms with Crippen molar-refractivity contribution in [3.05, 3.63) is 35.6 Å². The zero-order valence-electron chi connectivity index (χ0n) is 12.0. The summed E-state index contributed by atoms with van der Waals surface area (Å²) in [7, 11) is 0. The van der Waals surface area contributed by atoms with Crippen LogP contribution in [0, 0.1) is 11.7 Å². The molecule has 1 aromatic rings. The molecule has 0 amide bonds. The first-order valence-electron chi connectivity index (χ1n) is 7.04. The number of halogens is 1. The monoisotopic (exact) mass is 251 g/mol. The van der Waals surface area contributed by atoms with Crippen LogP contribution in [0.1, 0.15) is 58.6 Å². The van der Waals surface area contributed by atoms with Gasteiger partial charge in [0.1, 0.15) is 5.82 Å². The van der Waals surface area contributed by atoms with Gasteiger partial charge in [0.25, 0.3) is 0 Å². The highest BCUT2D eigenvalue weighted by atomic mass is 19.1. The maximum absolute atomic E-state index is 13.2. The van der Waals surface area contributed by atoms with Crippen LogP contribution < -0.4 is 5.32 Å². The average Bonchev–Trinajstić information content (AvgIpc) is 2.33. The second-order valence-electron chi connectivity index (χ2n) is 5.55. The summed E-state index contributed by atoms with van der Waals surface area (Å²) in [5.74, 6) is 0.589. The zero-order valence-corrected chi connectivity index (χ0v) is 12.0. The molecule has 2 unspecified atom stereocenters. The van der Waals surface area contributed by atoms with Crippen LogP contribution in [0.4, 0.5) is 4.39 Å². The number of rotatable bonds is 7. The molecule has 2 heteroatoms. The summed E-state index contributed by atoms with van der Waals surface area (Å²) in [5, 5.41) is 3.60. The second-order valence-corrected chi connectivity index (χ2v) is 5.55. The Hall–Kier alpha value is -0.890. The van der Waals surface area contributed by atoms with Gasteiger partial charge in [0.15, 0.2) is 0 Å². The summed E-state index contributed by atoms with van der Waals surface area (Å²) >= 11 is 0. The van der Waals surface area contributed by atoms with E-state index < -0.39 is 0 Å². The van der Waals surface area contributed by atoms with E-state index in [2.05, 4.69) is 33.0 Å². The topological polar surface area (TPSA) is 12.0 Å². The molecule has 0 bridgehead atoms. The molecule has 1 N–H and O–H groups in total. The molecule has 18 heavy (non-hydrogen) atoms. The maximum Gasteiger partial charge on any atom is 0.123 e. The molecule has 0 radical (unpaired) electrons. The van der Waals surface area contributed by atoms with Crippen molar-refractivity contribution >= 4 is 0 Å². The Morgan fingerprint density at radius 2 is 1.89 bits per heavy atom. The Bertz CT molecular complexity index is 349. The number of benzene rings is 1. The molecule has 0 aromatic heterocycles.